The Kier molecular flexibility index (Phi) is 6.32. The fraction of sp³-hybridized carbons (Fsp3) is 0.238. The molecule has 1 aromatic carbocycles. The minimum Gasteiger partial charge on any atom is -0.322 e. The number of pyridine rings is 1. The smallest absolute Gasteiger partial charge is 0.280 e. The first-order chi connectivity index (χ1) is 15.7. The maximum atomic E-state index is 13.5. The molecule has 1 N–H and O–H groups in total. The molecule has 0 spiro atoms. The molecule has 4 rings (SSSR count). The topological polar surface area (TPSA) is 77.6 Å². The number of benzene rings is 1. The number of anilines is 1. The Morgan fingerprint density at radius 3 is 2.67 bits per heavy atom. The van der Waals surface area contributed by atoms with Gasteiger partial charge in [-0.3, -0.25) is 9.48 Å². The molecule has 4 aromatic rings. The number of carbonyl (C=O) groups excluding carboxylic acids is 1. The van der Waals surface area contributed by atoms with Gasteiger partial charge in [-0.25, -0.2) is 27.2 Å². The van der Waals surface area contributed by atoms with E-state index in [1.54, 1.807) is 23.0 Å². The van der Waals surface area contributed by atoms with Crippen molar-refractivity contribution < 1.29 is 22.4 Å². The molecular weight excluding hydrogens is 464 g/mol. The normalized spacial score (nSPS) is 11.6. The molecule has 3 heterocycles. The van der Waals surface area contributed by atoms with Gasteiger partial charge in [0.1, 0.15) is 12.2 Å². The van der Waals surface area contributed by atoms with Gasteiger partial charge < -0.3 is 5.32 Å². The summed E-state index contributed by atoms with van der Waals surface area (Å²) in [5.74, 6) is -0.551. The van der Waals surface area contributed by atoms with Crippen LogP contribution in [0.15, 0.2) is 42.7 Å². The van der Waals surface area contributed by atoms with Gasteiger partial charge in [-0.15, -0.1) is 0 Å². The van der Waals surface area contributed by atoms with Crippen molar-refractivity contribution in [3.63, 3.8) is 0 Å². The van der Waals surface area contributed by atoms with Crippen LogP contribution in [0.3, 0.4) is 0 Å². The number of carbonyl (C=O) groups is 1. The zero-order valence-electron chi connectivity index (χ0n) is 17.1. The first kappa shape index (κ1) is 22.7. The molecule has 0 saturated carbocycles. The third-order valence-electron chi connectivity index (χ3n) is 4.83. The summed E-state index contributed by atoms with van der Waals surface area (Å²) in [4.78, 5) is 16.3. The third-order valence-corrected chi connectivity index (χ3v) is 5.07. The minimum atomic E-state index is -3.05. The van der Waals surface area contributed by atoms with Crippen molar-refractivity contribution in [2.75, 3.05) is 5.32 Å². The molecule has 0 aliphatic heterocycles. The average molecular weight is 481 g/mol. The lowest BCUT2D eigenvalue weighted by Gasteiger charge is -2.08. The van der Waals surface area contributed by atoms with Crippen LogP contribution in [0.2, 0.25) is 5.02 Å². The monoisotopic (exact) mass is 480 g/mol. The molecule has 172 valence electrons. The van der Waals surface area contributed by atoms with Gasteiger partial charge in [0.05, 0.1) is 29.5 Å². The van der Waals surface area contributed by atoms with Gasteiger partial charge in [-0.2, -0.15) is 10.2 Å². The van der Waals surface area contributed by atoms with Gasteiger partial charge >= 0.3 is 0 Å². The van der Waals surface area contributed by atoms with Crippen molar-refractivity contribution in [3.05, 3.63) is 70.3 Å². The van der Waals surface area contributed by atoms with E-state index in [1.807, 2.05) is 12.1 Å². The highest BCUT2D eigenvalue weighted by atomic mass is 35.5. The molecule has 0 atom stereocenters. The van der Waals surface area contributed by atoms with E-state index in [1.165, 1.54) is 13.1 Å². The van der Waals surface area contributed by atoms with Crippen molar-refractivity contribution in [3.8, 4) is 0 Å². The predicted molar refractivity (Wildman–Crippen MR) is 114 cm³/mol. The van der Waals surface area contributed by atoms with Crippen LogP contribution in [-0.4, -0.2) is 30.5 Å². The lowest BCUT2D eigenvalue weighted by molar-refractivity contribution is -0.116. The van der Waals surface area contributed by atoms with Crippen LogP contribution in [0.5, 0.6) is 0 Å². The standard InChI is InChI=1S/C21H17ClF4N6O/c1-11-18-15(19(23)24)6-16(20(25)26)29-21(18)32(30-11)10-17(33)28-14-7-27-31(9-14)8-12-3-2-4-13(22)5-12/h2-7,9,19-20H,8,10H2,1H3,(H,28,33). The van der Waals surface area contributed by atoms with Gasteiger partial charge in [0.15, 0.2) is 5.65 Å². The van der Waals surface area contributed by atoms with Crippen LogP contribution in [0.25, 0.3) is 11.0 Å². The molecule has 0 unspecified atom stereocenters. The second-order valence-corrected chi connectivity index (χ2v) is 7.72. The number of alkyl halides is 4. The van der Waals surface area contributed by atoms with Gasteiger partial charge in [-0.05, 0) is 30.7 Å². The first-order valence-corrected chi connectivity index (χ1v) is 10.1. The fourth-order valence-electron chi connectivity index (χ4n) is 3.47. The second-order valence-electron chi connectivity index (χ2n) is 7.28. The van der Waals surface area contributed by atoms with E-state index in [0.29, 0.717) is 23.3 Å². The molecular formula is C21H17ClF4N6O. The minimum absolute atomic E-state index is 0.0449. The Morgan fingerprint density at radius 2 is 1.97 bits per heavy atom. The van der Waals surface area contributed by atoms with Crippen molar-refractivity contribution in [1.82, 2.24) is 24.5 Å². The van der Waals surface area contributed by atoms with E-state index < -0.39 is 36.6 Å². The van der Waals surface area contributed by atoms with E-state index in [0.717, 1.165) is 10.2 Å². The predicted octanol–water partition coefficient (Wildman–Crippen LogP) is 5.15. The van der Waals surface area contributed by atoms with Crippen molar-refractivity contribution in [1.29, 1.82) is 0 Å². The van der Waals surface area contributed by atoms with Crippen LogP contribution < -0.4 is 5.32 Å². The van der Waals surface area contributed by atoms with Crippen molar-refractivity contribution in [2.45, 2.75) is 32.9 Å². The van der Waals surface area contributed by atoms with Gasteiger partial charge in [0, 0.05) is 16.8 Å². The molecule has 1 amide bonds. The van der Waals surface area contributed by atoms with Crippen LogP contribution in [0.1, 0.15) is 35.4 Å². The van der Waals surface area contributed by atoms with Crippen molar-refractivity contribution >= 4 is 34.2 Å². The van der Waals surface area contributed by atoms with Crippen molar-refractivity contribution in [2.24, 2.45) is 0 Å². The highest BCUT2D eigenvalue weighted by Gasteiger charge is 2.24. The molecule has 0 bridgehead atoms. The summed E-state index contributed by atoms with van der Waals surface area (Å²) in [6.07, 6.45) is -3.00. The molecule has 0 fully saturated rings. The van der Waals surface area contributed by atoms with E-state index in [4.69, 9.17) is 11.6 Å². The highest BCUT2D eigenvalue weighted by Crippen LogP contribution is 2.32. The molecule has 0 radical (unpaired) electrons. The van der Waals surface area contributed by atoms with Crippen LogP contribution in [0, 0.1) is 6.92 Å². The maximum absolute atomic E-state index is 13.5. The van der Waals surface area contributed by atoms with Crippen LogP contribution in [-0.2, 0) is 17.9 Å². The number of aryl methyl sites for hydroxylation is 1. The van der Waals surface area contributed by atoms with Gasteiger partial charge in [-0.1, -0.05) is 23.7 Å². The Morgan fingerprint density at radius 1 is 1.18 bits per heavy atom. The molecule has 33 heavy (non-hydrogen) atoms. The largest absolute Gasteiger partial charge is 0.322 e. The molecule has 7 nitrogen and oxygen atoms in total. The number of aromatic nitrogens is 5. The fourth-order valence-corrected chi connectivity index (χ4v) is 3.69. The number of halogens is 5. The number of nitrogens with zero attached hydrogens (tertiary/aromatic N) is 5. The lowest BCUT2D eigenvalue weighted by atomic mass is 10.1. The molecule has 0 aliphatic carbocycles. The zero-order valence-corrected chi connectivity index (χ0v) is 17.9. The number of hydrogen-bond donors (Lipinski definition) is 1. The Bertz CT molecular complexity index is 1320. The Hall–Kier alpha value is -3.47. The zero-order chi connectivity index (χ0) is 23.7. The summed E-state index contributed by atoms with van der Waals surface area (Å²) in [6, 6.07) is 7.91. The number of nitrogens with one attached hydrogen (secondary N) is 1. The SMILES string of the molecule is Cc1nn(CC(=O)Nc2cnn(Cc3cccc(Cl)c3)c2)c2nc(C(F)F)cc(C(F)F)c12. The van der Waals surface area contributed by atoms with Gasteiger partial charge in [0.25, 0.3) is 12.9 Å². The molecule has 0 aliphatic rings. The summed E-state index contributed by atoms with van der Waals surface area (Å²) in [5, 5.41) is 11.4. The van der Waals surface area contributed by atoms with Crippen LogP contribution in [0.4, 0.5) is 23.2 Å². The maximum Gasteiger partial charge on any atom is 0.280 e. The molecule has 12 heteroatoms. The highest BCUT2D eigenvalue weighted by molar-refractivity contribution is 6.30. The quantitative estimate of drug-likeness (QED) is 0.371. The Balaban J connectivity index is 1.53. The number of amides is 1. The number of hydrogen-bond acceptors (Lipinski definition) is 4. The molecule has 3 aromatic heterocycles. The van der Waals surface area contributed by atoms with Gasteiger partial charge in [0.2, 0.25) is 5.91 Å². The first-order valence-electron chi connectivity index (χ1n) is 9.72. The average Bonchev–Trinajstić information content (AvgIpc) is 3.31. The number of rotatable bonds is 7. The summed E-state index contributed by atoms with van der Waals surface area (Å²) in [5.41, 5.74) is -0.131. The lowest BCUT2D eigenvalue weighted by Crippen LogP contribution is -2.19. The summed E-state index contributed by atoms with van der Waals surface area (Å²) in [7, 11) is 0. The van der Waals surface area contributed by atoms with E-state index in [9.17, 15) is 22.4 Å². The van der Waals surface area contributed by atoms with E-state index in [-0.39, 0.29) is 16.7 Å². The molecule has 0 saturated heterocycles. The summed E-state index contributed by atoms with van der Waals surface area (Å²) >= 11 is 5.98. The van der Waals surface area contributed by atoms with E-state index in [2.05, 4.69) is 20.5 Å². The Labute approximate surface area is 190 Å². The summed E-state index contributed by atoms with van der Waals surface area (Å²) < 4.78 is 55.9. The summed E-state index contributed by atoms with van der Waals surface area (Å²) in [6.45, 7) is 1.47. The third kappa shape index (κ3) is 4.98. The second kappa shape index (κ2) is 9.18. The van der Waals surface area contributed by atoms with Crippen LogP contribution >= 0.6 is 11.6 Å². The number of fused-ring (bicyclic) bond motifs is 1. The van der Waals surface area contributed by atoms with E-state index >= 15 is 0 Å².